The number of nitrogens with one attached hydrogen (secondary N) is 2. The van der Waals surface area contributed by atoms with Gasteiger partial charge >= 0.3 is 5.16 Å². The lowest BCUT2D eigenvalue weighted by Crippen LogP contribution is -2.06. The Balaban J connectivity index is 2.26. The summed E-state index contributed by atoms with van der Waals surface area (Å²) in [6, 6.07) is 3.37. The highest BCUT2D eigenvalue weighted by Gasteiger charge is 2.12. The van der Waals surface area contributed by atoms with Gasteiger partial charge in [-0.05, 0) is 6.92 Å². The molecule has 6 nitrogen and oxygen atoms in total. The summed E-state index contributed by atoms with van der Waals surface area (Å²) in [5.74, 6) is 1.16. The molecule has 90 valence electrons. The number of nitrogens with zero attached hydrogens (tertiary/aromatic N) is 3. The van der Waals surface area contributed by atoms with Gasteiger partial charge in [0.05, 0.1) is 5.69 Å². The summed E-state index contributed by atoms with van der Waals surface area (Å²) in [6.45, 7) is 1.86. The van der Waals surface area contributed by atoms with Crippen LogP contribution in [0.4, 0.5) is 11.6 Å². The molecule has 0 aliphatic carbocycles. The average Bonchev–Trinajstić information content (AvgIpc) is 2.63. The summed E-state index contributed by atoms with van der Waals surface area (Å²) >= 11 is 4.54. The summed E-state index contributed by atoms with van der Waals surface area (Å²) in [6.07, 6.45) is 1.50. The number of aromatic nitrogens is 4. The molecule has 0 amide bonds. The first-order chi connectivity index (χ1) is 8.04. The molecule has 2 aromatic rings. The molecule has 0 spiro atoms. The van der Waals surface area contributed by atoms with Gasteiger partial charge in [0.15, 0.2) is 0 Å². The second-order valence-electron chi connectivity index (χ2n) is 3.36. The van der Waals surface area contributed by atoms with E-state index >= 15 is 0 Å². The highest BCUT2D eigenvalue weighted by Crippen LogP contribution is 2.18. The van der Waals surface area contributed by atoms with E-state index in [0.29, 0.717) is 11.6 Å². The normalized spacial score (nSPS) is 12.5. The molecule has 17 heavy (non-hydrogen) atoms. The molecule has 0 saturated heterocycles. The third-order valence-corrected chi connectivity index (χ3v) is 2.79. The second-order valence-corrected chi connectivity index (χ2v) is 5.02. The monoisotopic (exact) mass is 271 g/mol. The number of rotatable bonds is 3. The highest BCUT2D eigenvalue weighted by atomic mass is 35.5. The zero-order chi connectivity index (χ0) is 12.4. The van der Waals surface area contributed by atoms with Crippen LogP contribution in [0.25, 0.3) is 0 Å². The Labute approximate surface area is 106 Å². The molecule has 1 atom stereocenters. The number of aryl methyl sites for hydroxylation is 1. The predicted molar refractivity (Wildman–Crippen MR) is 66.0 cm³/mol. The molecule has 0 aliphatic heterocycles. The highest BCUT2D eigenvalue weighted by molar-refractivity contribution is 7.90. The van der Waals surface area contributed by atoms with Crippen molar-refractivity contribution in [2.45, 2.75) is 12.1 Å². The summed E-state index contributed by atoms with van der Waals surface area (Å²) in [5, 5.41) is 10.2. The maximum Gasteiger partial charge on any atom is 0.345 e. The minimum absolute atomic E-state index is 0.191. The van der Waals surface area contributed by atoms with Crippen LogP contribution in [-0.2, 0) is 11.2 Å². The molecule has 1 unspecified atom stereocenters. The molecular weight excluding hydrogens is 262 g/mol. The van der Waals surface area contributed by atoms with E-state index in [1.807, 2.05) is 13.0 Å². The fourth-order valence-electron chi connectivity index (χ4n) is 1.21. The molecule has 0 fully saturated rings. The van der Waals surface area contributed by atoms with Crippen LogP contribution in [0.1, 0.15) is 5.69 Å². The van der Waals surface area contributed by atoms with Crippen LogP contribution >= 0.6 is 11.6 Å². The topological polar surface area (TPSA) is 89.5 Å². The SMILES string of the molecule is Cc1cc(Nc2cc(Cl)nc([S+](C)[O-])n2)[nH]n1. The quantitative estimate of drug-likeness (QED) is 0.503. The molecule has 0 bridgehead atoms. The fraction of sp³-hybridized carbons (Fsp3) is 0.222. The van der Waals surface area contributed by atoms with Crippen molar-refractivity contribution in [1.29, 1.82) is 0 Å². The molecule has 2 N–H and O–H groups in total. The van der Waals surface area contributed by atoms with Crippen molar-refractivity contribution in [1.82, 2.24) is 20.2 Å². The number of anilines is 2. The van der Waals surface area contributed by atoms with Gasteiger partial charge in [0, 0.05) is 23.3 Å². The first-order valence-electron chi connectivity index (χ1n) is 4.71. The van der Waals surface area contributed by atoms with Gasteiger partial charge in [0.25, 0.3) is 0 Å². The van der Waals surface area contributed by atoms with E-state index in [9.17, 15) is 4.55 Å². The summed E-state index contributed by atoms with van der Waals surface area (Å²) in [7, 11) is 0. The van der Waals surface area contributed by atoms with E-state index in [2.05, 4.69) is 25.5 Å². The lowest BCUT2D eigenvalue weighted by molar-refractivity contribution is 0.592. The van der Waals surface area contributed by atoms with Gasteiger partial charge in [0.1, 0.15) is 23.0 Å². The predicted octanol–water partition coefficient (Wildman–Crippen LogP) is 1.64. The summed E-state index contributed by atoms with van der Waals surface area (Å²) < 4.78 is 11.3. The standard InChI is InChI=1S/C9H10ClN5OS/c1-5-3-8(15-14-5)12-7-4-6(10)11-9(13-7)17(2)16/h3-4H,1-2H3,(H2,11,12,13,14,15). The second kappa shape index (κ2) is 4.91. The zero-order valence-electron chi connectivity index (χ0n) is 9.19. The molecule has 0 aliphatic rings. The minimum atomic E-state index is -1.27. The van der Waals surface area contributed by atoms with Crippen molar-refractivity contribution >= 4 is 34.4 Å². The van der Waals surface area contributed by atoms with Gasteiger partial charge in [0.2, 0.25) is 0 Å². The largest absolute Gasteiger partial charge is 0.609 e. The number of aromatic amines is 1. The van der Waals surface area contributed by atoms with E-state index in [-0.39, 0.29) is 10.3 Å². The maximum atomic E-state index is 11.3. The smallest absolute Gasteiger partial charge is 0.345 e. The molecule has 8 heteroatoms. The van der Waals surface area contributed by atoms with Crippen molar-refractivity contribution in [3.8, 4) is 0 Å². The van der Waals surface area contributed by atoms with Crippen LogP contribution in [0.5, 0.6) is 0 Å². The van der Waals surface area contributed by atoms with Crippen LogP contribution in [0.3, 0.4) is 0 Å². The van der Waals surface area contributed by atoms with Crippen LogP contribution in [0.15, 0.2) is 17.3 Å². The maximum absolute atomic E-state index is 11.3. The van der Waals surface area contributed by atoms with Gasteiger partial charge in [-0.25, -0.2) is 0 Å². The lowest BCUT2D eigenvalue weighted by Gasteiger charge is -2.06. The first kappa shape index (κ1) is 12.2. The Morgan fingerprint density at radius 1 is 1.41 bits per heavy atom. The zero-order valence-corrected chi connectivity index (χ0v) is 10.8. The van der Waals surface area contributed by atoms with Crippen molar-refractivity contribution < 1.29 is 4.55 Å². The van der Waals surface area contributed by atoms with Gasteiger partial charge in [-0.3, -0.25) is 5.10 Å². The van der Waals surface area contributed by atoms with E-state index in [1.165, 1.54) is 6.26 Å². The number of hydrogen-bond donors (Lipinski definition) is 2. The van der Waals surface area contributed by atoms with Crippen molar-refractivity contribution in [3.05, 3.63) is 23.0 Å². The van der Waals surface area contributed by atoms with Gasteiger partial charge in [-0.15, -0.1) is 0 Å². The Morgan fingerprint density at radius 3 is 2.76 bits per heavy atom. The third-order valence-electron chi connectivity index (χ3n) is 1.90. The molecule has 2 heterocycles. The Morgan fingerprint density at radius 2 is 2.18 bits per heavy atom. The van der Waals surface area contributed by atoms with E-state index in [4.69, 9.17) is 11.6 Å². The van der Waals surface area contributed by atoms with Crippen LogP contribution in [-0.4, -0.2) is 31.0 Å². The van der Waals surface area contributed by atoms with Crippen LogP contribution in [0.2, 0.25) is 5.15 Å². The Bertz CT molecular complexity index is 530. The molecule has 0 aromatic carbocycles. The minimum Gasteiger partial charge on any atom is -0.609 e. The van der Waals surface area contributed by atoms with E-state index < -0.39 is 11.2 Å². The summed E-state index contributed by atoms with van der Waals surface area (Å²) in [5.41, 5.74) is 0.854. The van der Waals surface area contributed by atoms with Gasteiger partial charge < -0.3 is 9.87 Å². The van der Waals surface area contributed by atoms with Crippen LogP contribution < -0.4 is 5.32 Å². The van der Waals surface area contributed by atoms with Crippen molar-refractivity contribution in [2.75, 3.05) is 11.6 Å². The molecule has 2 aromatic heterocycles. The number of H-pyrrole nitrogens is 1. The van der Waals surface area contributed by atoms with E-state index in [1.54, 1.807) is 6.07 Å². The van der Waals surface area contributed by atoms with Gasteiger partial charge in [-0.2, -0.15) is 15.1 Å². The molecule has 2 rings (SSSR count). The van der Waals surface area contributed by atoms with Crippen molar-refractivity contribution in [3.63, 3.8) is 0 Å². The van der Waals surface area contributed by atoms with Crippen LogP contribution in [0, 0.1) is 6.92 Å². The Hall–Kier alpha value is -1.31. The molecule has 0 radical (unpaired) electrons. The number of hydrogen-bond acceptors (Lipinski definition) is 5. The average molecular weight is 272 g/mol. The molecule has 0 saturated carbocycles. The first-order valence-corrected chi connectivity index (χ1v) is 6.65. The van der Waals surface area contributed by atoms with Crippen molar-refractivity contribution in [2.24, 2.45) is 0 Å². The number of halogens is 1. The third kappa shape index (κ3) is 3.09. The van der Waals surface area contributed by atoms with Gasteiger partial charge in [-0.1, -0.05) is 11.6 Å². The lowest BCUT2D eigenvalue weighted by atomic mass is 10.4. The molecular formula is C9H10ClN5OS. The Kier molecular flexibility index (Phi) is 3.51. The fourth-order valence-corrected chi connectivity index (χ4v) is 1.90. The summed E-state index contributed by atoms with van der Waals surface area (Å²) in [4.78, 5) is 7.95. The van der Waals surface area contributed by atoms with E-state index in [0.717, 1.165) is 5.69 Å².